The number of nitrogens with one attached hydrogen (secondary N) is 1. The van der Waals surface area contributed by atoms with Gasteiger partial charge in [0.25, 0.3) is 0 Å². The summed E-state index contributed by atoms with van der Waals surface area (Å²) in [6.45, 7) is 3.83. The van der Waals surface area contributed by atoms with Crippen LogP contribution in [0, 0.1) is 12.8 Å². The number of fused-ring (bicyclic) bond motifs is 1. The second-order valence-electron chi connectivity index (χ2n) is 8.36. The van der Waals surface area contributed by atoms with E-state index in [4.69, 9.17) is 4.74 Å². The summed E-state index contributed by atoms with van der Waals surface area (Å²) in [5.74, 6) is -1.40. The van der Waals surface area contributed by atoms with Crippen molar-refractivity contribution in [2.75, 3.05) is 18.0 Å². The maximum absolute atomic E-state index is 13.2. The van der Waals surface area contributed by atoms with Crippen molar-refractivity contribution < 1.29 is 23.9 Å². The third-order valence-electron chi connectivity index (χ3n) is 6.06. The molecule has 1 unspecified atom stereocenters. The van der Waals surface area contributed by atoms with Crippen molar-refractivity contribution in [3.05, 3.63) is 46.8 Å². The van der Waals surface area contributed by atoms with E-state index >= 15 is 0 Å². The lowest BCUT2D eigenvalue weighted by Crippen LogP contribution is -2.33. The van der Waals surface area contributed by atoms with E-state index in [0.29, 0.717) is 42.8 Å². The van der Waals surface area contributed by atoms with Crippen LogP contribution in [-0.2, 0) is 23.0 Å². The normalized spacial score (nSPS) is 20.5. The molecule has 1 aromatic heterocycles. The van der Waals surface area contributed by atoms with Crippen molar-refractivity contribution in [1.29, 1.82) is 0 Å². The van der Waals surface area contributed by atoms with E-state index in [1.54, 1.807) is 29.9 Å². The lowest BCUT2D eigenvalue weighted by molar-refractivity contribution is -0.119. The van der Waals surface area contributed by atoms with Gasteiger partial charge < -0.3 is 10.1 Å². The minimum atomic E-state index is -0.754. The molecule has 0 radical (unpaired) electrons. The Morgan fingerprint density at radius 2 is 2.03 bits per heavy atom. The average Bonchev–Trinajstić information content (AvgIpc) is 3.24. The first-order chi connectivity index (χ1) is 15.2. The van der Waals surface area contributed by atoms with Gasteiger partial charge in [-0.1, -0.05) is 0 Å². The number of hydrogen-bond acceptors (Lipinski definition) is 6. The number of amides is 2. The molecule has 2 aliphatic rings. The van der Waals surface area contributed by atoms with Gasteiger partial charge in [0.05, 0.1) is 19.0 Å². The molecule has 2 aromatic rings. The lowest BCUT2D eigenvalue weighted by atomic mass is 9.90. The van der Waals surface area contributed by atoms with Gasteiger partial charge in [-0.3, -0.25) is 24.0 Å². The second-order valence-corrected chi connectivity index (χ2v) is 8.36. The zero-order chi connectivity index (χ0) is 23.0. The number of nitrogens with zero attached hydrogens (tertiary/aromatic N) is 3. The number of ether oxygens (including phenoxy) is 1. The molecule has 32 heavy (non-hydrogen) atoms. The molecule has 2 heterocycles. The largest absolute Gasteiger partial charge is 0.442 e. The molecule has 1 saturated heterocycles. The number of benzene rings is 1. The molecule has 168 valence electrons. The lowest BCUT2D eigenvalue weighted by Gasteiger charge is -2.16. The van der Waals surface area contributed by atoms with Crippen LogP contribution in [0.1, 0.15) is 51.9 Å². The van der Waals surface area contributed by atoms with Crippen LogP contribution in [0.4, 0.5) is 10.5 Å². The van der Waals surface area contributed by atoms with Crippen molar-refractivity contribution in [2.45, 2.75) is 39.2 Å². The van der Waals surface area contributed by atoms with Crippen molar-refractivity contribution in [3.8, 4) is 0 Å². The number of ketones is 2. The van der Waals surface area contributed by atoms with Crippen molar-refractivity contribution >= 4 is 29.3 Å². The third-order valence-corrected chi connectivity index (χ3v) is 6.06. The smallest absolute Gasteiger partial charge is 0.414 e. The summed E-state index contributed by atoms with van der Waals surface area (Å²) in [4.78, 5) is 51.2. The Balaban J connectivity index is 1.54. The molecule has 0 bridgehead atoms. The molecule has 4 rings (SSSR count). The zero-order valence-corrected chi connectivity index (χ0v) is 18.4. The van der Waals surface area contributed by atoms with E-state index in [0.717, 1.165) is 11.3 Å². The number of Topliss-reactive ketones (excluding diaryl/α,β-unsaturated/α-hetero) is 2. The Morgan fingerprint density at radius 3 is 2.72 bits per heavy atom. The monoisotopic (exact) mass is 438 g/mol. The Hall–Kier alpha value is -3.49. The van der Waals surface area contributed by atoms with Crippen molar-refractivity contribution in [2.24, 2.45) is 13.0 Å². The number of carbonyl (C=O) groups is 4. The first kappa shape index (κ1) is 21.7. The minimum absolute atomic E-state index is 0.187. The van der Waals surface area contributed by atoms with Gasteiger partial charge in [0.2, 0.25) is 5.91 Å². The number of hydrogen-bond donors (Lipinski definition) is 1. The van der Waals surface area contributed by atoms with Gasteiger partial charge in [-0.15, -0.1) is 0 Å². The van der Waals surface area contributed by atoms with Crippen LogP contribution in [0.25, 0.3) is 0 Å². The summed E-state index contributed by atoms with van der Waals surface area (Å²) in [7, 11) is 1.77. The molecular weight excluding hydrogens is 412 g/mol. The zero-order valence-electron chi connectivity index (χ0n) is 18.4. The first-order valence-corrected chi connectivity index (χ1v) is 10.7. The molecule has 1 fully saturated rings. The molecule has 1 aliphatic heterocycles. The quantitative estimate of drug-likeness (QED) is 0.435. The molecule has 2 amide bonds. The summed E-state index contributed by atoms with van der Waals surface area (Å²) in [6.07, 6.45) is 0.856. The van der Waals surface area contributed by atoms with E-state index in [9.17, 15) is 19.2 Å². The van der Waals surface area contributed by atoms with E-state index in [2.05, 4.69) is 10.4 Å². The predicted octanol–water partition coefficient (Wildman–Crippen LogP) is 2.21. The average molecular weight is 438 g/mol. The van der Waals surface area contributed by atoms with Crippen LogP contribution in [0.2, 0.25) is 0 Å². The van der Waals surface area contributed by atoms with Crippen LogP contribution in [0.5, 0.6) is 0 Å². The number of aromatic nitrogens is 2. The first-order valence-electron chi connectivity index (χ1n) is 10.7. The Morgan fingerprint density at radius 1 is 1.25 bits per heavy atom. The second kappa shape index (κ2) is 8.57. The van der Waals surface area contributed by atoms with E-state index < -0.39 is 18.1 Å². The molecule has 1 N–H and O–H groups in total. The van der Waals surface area contributed by atoms with Crippen LogP contribution < -0.4 is 10.2 Å². The summed E-state index contributed by atoms with van der Waals surface area (Å²) < 4.78 is 6.96. The molecule has 2 atom stereocenters. The summed E-state index contributed by atoms with van der Waals surface area (Å²) >= 11 is 0. The van der Waals surface area contributed by atoms with E-state index in [1.807, 2.05) is 13.0 Å². The van der Waals surface area contributed by atoms with Gasteiger partial charge in [0, 0.05) is 30.9 Å². The number of carbonyl (C=O) groups excluding carboxylic acids is 4. The van der Waals surface area contributed by atoms with Crippen molar-refractivity contribution in [1.82, 2.24) is 15.1 Å². The highest BCUT2D eigenvalue weighted by atomic mass is 16.6. The molecule has 0 spiro atoms. The maximum atomic E-state index is 13.2. The predicted molar refractivity (Wildman–Crippen MR) is 116 cm³/mol. The van der Waals surface area contributed by atoms with Gasteiger partial charge >= 0.3 is 6.09 Å². The standard InChI is InChI=1S/C23H26N4O5/c1-13-9-20(25-26(13)3)22(30)19-6-4-5-15-10-16(7-8-18(15)21(19)29)27-12-17(32-23(27)31)11-24-14(2)28/h7-10,17,19H,4-6,11-12H2,1-3H3,(H,24,28)/t17-,19?/m0/s1. The SMILES string of the molecule is CC(=O)NC[C@H]1CN(c2ccc3c(c2)CCCC(C(=O)c2cc(C)n(C)n2)C3=O)C(=O)O1. The molecule has 9 nitrogen and oxygen atoms in total. The molecular formula is C23H26N4O5. The van der Waals surface area contributed by atoms with Gasteiger partial charge in [0.1, 0.15) is 11.8 Å². The number of aryl methyl sites for hydroxylation is 3. The van der Waals surface area contributed by atoms with E-state index in [-0.39, 0.29) is 24.0 Å². The third kappa shape index (κ3) is 4.15. The topological polar surface area (TPSA) is 111 Å². The van der Waals surface area contributed by atoms with Crippen molar-refractivity contribution in [3.63, 3.8) is 0 Å². The van der Waals surface area contributed by atoms with Gasteiger partial charge in [-0.25, -0.2) is 4.79 Å². The fourth-order valence-corrected chi connectivity index (χ4v) is 4.22. The highest BCUT2D eigenvalue weighted by molar-refractivity contribution is 6.16. The highest BCUT2D eigenvalue weighted by Gasteiger charge is 2.35. The molecule has 1 aliphatic carbocycles. The maximum Gasteiger partial charge on any atom is 0.414 e. The van der Waals surface area contributed by atoms with Crippen LogP contribution in [0.15, 0.2) is 24.3 Å². The molecule has 0 saturated carbocycles. The number of cyclic esters (lactones) is 1. The Bertz CT molecular complexity index is 1090. The van der Waals surface area contributed by atoms with Crippen LogP contribution >= 0.6 is 0 Å². The molecule has 1 aromatic carbocycles. The highest BCUT2D eigenvalue weighted by Crippen LogP contribution is 2.31. The van der Waals surface area contributed by atoms with Gasteiger partial charge in [0.15, 0.2) is 11.6 Å². The fourth-order valence-electron chi connectivity index (χ4n) is 4.22. The van der Waals surface area contributed by atoms with Crippen LogP contribution in [-0.4, -0.2) is 52.5 Å². The summed E-state index contributed by atoms with van der Waals surface area (Å²) in [6, 6.07) is 6.93. The fraction of sp³-hybridized carbons (Fsp3) is 0.435. The Kier molecular flexibility index (Phi) is 5.82. The molecule has 9 heteroatoms. The summed E-state index contributed by atoms with van der Waals surface area (Å²) in [5.41, 5.74) is 3.14. The number of rotatable bonds is 5. The van der Waals surface area contributed by atoms with E-state index in [1.165, 1.54) is 11.8 Å². The van der Waals surface area contributed by atoms with Gasteiger partial charge in [-0.2, -0.15) is 5.10 Å². The summed E-state index contributed by atoms with van der Waals surface area (Å²) in [5, 5.41) is 6.90. The Labute approximate surface area is 185 Å². The minimum Gasteiger partial charge on any atom is -0.442 e. The van der Waals surface area contributed by atoms with Gasteiger partial charge in [-0.05, 0) is 56.0 Å². The van der Waals surface area contributed by atoms with Crippen LogP contribution in [0.3, 0.4) is 0 Å². The number of anilines is 1.